The second-order valence-corrected chi connectivity index (χ2v) is 8.98. The molecule has 2 nitrogen and oxygen atoms in total. The van der Waals surface area contributed by atoms with E-state index < -0.39 is 0 Å². The lowest BCUT2D eigenvalue weighted by Gasteiger charge is -2.09. The average Bonchev–Trinajstić information content (AvgIpc) is 3.06. The predicted molar refractivity (Wildman–Crippen MR) is 125 cm³/mol. The van der Waals surface area contributed by atoms with Gasteiger partial charge in [-0.2, -0.15) is 4.57 Å². The van der Waals surface area contributed by atoms with Crippen molar-refractivity contribution < 1.29 is 4.57 Å². The van der Waals surface area contributed by atoms with E-state index in [1.807, 2.05) is 6.08 Å². The molecule has 4 heteroatoms. The van der Waals surface area contributed by atoms with Crippen LogP contribution in [0.25, 0.3) is 11.3 Å². The molecule has 0 amide bonds. The Kier molecular flexibility index (Phi) is 6.13. The Bertz CT molecular complexity index is 1100. The summed E-state index contributed by atoms with van der Waals surface area (Å²) in [6.07, 6.45) is 2.79. The van der Waals surface area contributed by atoms with Crippen LogP contribution in [0.2, 0.25) is 0 Å². The van der Waals surface area contributed by atoms with Gasteiger partial charge in [-0.3, -0.25) is 0 Å². The maximum Gasteiger partial charge on any atom is 0.304 e. The van der Waals surface area contributed by atoms with Crippen LogP contribution in [-0.4, -0.2) is 0 Å². The van der Waals surface area contributed by atoms with Crippen LogP contribution in [-0.2, 0) is 13.5 Å². The lowest BCUT2D eigenvalue weighted by molar-refractivity contribution is -0.691. The molecule has 0 unspecified atom stereocenters. The average molecular weight is 416 g/mol. The van der Waals surface area contributed by atoms with Crippen molar-refractivity contribution in [1.29, 1.82) is 0 Å². The fraction of sp³-hybridized carbons (Fsp3) is 0.0800. The van der Waals surface area contributed by atoms with Gasteiger partial charge in [0.2, 0.25) is 5.69 Å². The standard InChI is InChI=1S/C25H23N2S2/c1-3-12-19-13-10-11-18-22(19)26-24-23(20-14-6-4-7-15-20)27(2)25(29-24)28-21-16-8-5-9-17-21/h3-11,13-18,26H,1,12H2,2H3/q+1. The number of thiazole rings is 1. The molecule has 0 radical (unpaired) electrons. The van der Waals surface area contributed by atoms with E-state index in [1.54, 1.807) is 23.1 Å². The molecule has 0 aliphatic carbocycles. The molecular weight excluding hydrogens is 392 g/mol. The maximum atomic E-state index is 3.90. The summed E-state index contributed by atoms with van der Waals surface area (Å²) >= 11 is 3.58. The lowest BCUT2D eigenvalue weighted by atomic mass is 10.1. The zero-order valence-electron chi connectivity index (χ0n) is 16.3. The number of allylic oxidation sites excluding steroid dienone is 1. The van der Waals surface area contributed by atoms with Crippen molar-refractivity contribution in [3.8, 4) is 11.3 Å². The molecule has 0 fully saturated rings. The van der Waals surface area contributed by atoms with E-state index in [0.717, 1.165) is 17.1 Å². The van der Waals surface area contributed by atoms with Crippen LogP contribution in [0.5, 0.6) is 0 Å². The molecule has 144 valence electrons. The Morgan fingerprint density at radius 3 is 2.31 bits per heavy atom. The second-order valence-electron chi connectivity index (χ2n) is 6.66. The number of rotatable bonds is 7. The highest BCUT2D eigenvalue weighted by Crippen LogP contribution is 2.40. The molecule has 0 saturated carbocycles. The number of hydrogen-bond donors (Lipinski definition) is 1. The minimum Gasteiger partial charge on any atom is -0.341 e. The second kappa shape index (κ2) is 9.12. The van der Waals surface area contributed by atoms with E-state index in [9.17, 15) is 0 Å². The van der Waals surface area contributed by atoms with Gasteiger partial charge in [-0.25, -0.2) is 0 Å². The van der Waals surface area contributed by atoms with E-state index in [0.29, 0.717) is 0 Å². The summed E-state index contributed by atoms with van der Waals surface area (Å²) in [4.78, 5) is 1.24. The summed E-state index contributed by atoms with van der Waals surface area (Å²) in [7, 11) is 2.14. The lowest BCUT2D eigenvalue weighted by Crippen LogP contribution is -2.30. The fourth-order valence-electron chi connectivity index (χ4n) is 3.23. The molecule has 0 spiro atoms. The van der Waals surface area contributed by atoms with Crippen LogP contribution < -0.4 is 9.88 Å². The molecule has 3 aromatic carbocycles. The van der Waals surface area contributed by atoms with Crippen LogP contribution in [0.1, 0.15) is 5.56 Å². The monoisotopic (exact) mass is 415 g/mol. The molecule has 1 aromatic heterocycles. The zero-order chi connectivity index (χ0) is 20.1. The van der Waals surface area contributed by atoms with Crippen molar-refractivity contribution in [2.75, 3.05) is 5.32 Å². The first-order valence-corrected chi connectivity index (χ1v) is 11.2. The molecule has 4 rings (SSSR count). The Labute approximate surface area is 180 Å². The predicted octanol–water partition coefficient (Wildman–Crippen LogP) is 6.86. The largest absolute Gasteiger partial charge is 0.341 e. The van der Waals surface area contributed by atoms with Crippen LogP contribution in [0.4, 0.5) is 10.7 Å². The van der Waals surface area contributed by atoms with E-state index in [2.05, 4.69) is 108 Å². The first-order valence-electron chi connectivity index (χ1n) is 9.53. The van der Waals surface area contributed by atoms with Crippen LogP contribution in [0.15, 0.2) is 107 Å². The summed E-state index contributed by atoms with van der Waals surface area (Å²) in [6, 6.07) is 29.5. The third-order valence-electron chi connectivity index (χ3n) is 4.64. The van der Waals surface area contributed by atoms with Gasteiger partial charge in [0, 0.05) is 16.1 Å². The number of hydrogen-bond acceptors (Lipinski definition) is 3. The number of para-hydroxylation sites is 1. The summed E-state index contributed by atoms with van der Waals surface area (Å²) < 4.78 is 3.52. The molecule has 0 bridgehead atoms. The van der Waals surface area contributed by atoms with Gasteiger partial charge in [0.25, 0.3) is 0 Å². The Balaban J connectivity index is 1.78. The maximum absolute atomic E-state index is 3.90. The number of benzene rings is 3. The Morgan fingerprint density at radius 1 is 0.931 bits per heavy atom. The van der Waals surface area contributed by atoms with Gasteiger partial charge in [0.15, 0.2) is 5.00 Å². The minimum absolute atomic E-state index is 0.840. The molecular formula is C25H23N2S2+. The Hall–Kier alpha value is -2.82. The quantitative estimate of drug-likeness (QED) is 0.262. The summed E-state index contributed by atoms with van der Waals surface area (Å²) in [5, 5.41) is 4.85. The van der Waals surface area contributed by atoms with Gasteiger partial charge in [0.05, 0.1) is 0 Å². The highest BCUT2D eigenvalue weighted by molar-refractivity contribution is 8.01. The smallest absolute Gasteiger partial charge is 0.304 e. The number of nitrogens with one attached hydrogen (secondary N) is 1. The SMILES string of the molecule is C=CCc1ccccc1Nc1sc(Sc2ccccc2)[n+](C)c1-c1ccccc1. The summed E-state index contributed by atoms with van der Waals surface area (Å²) in [5.74, 6) is 0. The van der Waals surface area contributed by atoms with Gasteiger partial charge >= 0.3 is 4.34 Å². The van der Waals surface area contributed by atoms with Crippen molar-refractivity contribution >= 4 is 33.8 Å². The molecule has 4 aromatic rings. The third-order valence-corrected chi connectivity index (χ3v) is 7.04. The van der Waals surface area contributed by atoms with Crippen molar-refractivity contribution in [3.63, 3.8) is 0 Å². The number of nitrogens with zero attached hydrogens (tertiary/aromatic N) is 1. The van der Waals surface area contributed by atoms with Crippen LogP contribution in [0, 0.1) is 0 Å². The molecule has 0 atom stereocenters. The highest BCUT2D eigenvalue weighted by atomic mass is 32.2. The minimum atomic E-state index is 0.840. The van der Waals surface area contributed by atoms with Crippen molar-refractivity contribution in [2.45, 2.75) is 15.7 Å². The van der Waals surface area contributed by atoms with Crippen molar-refractivity contribution in [3.05, 3.63) is 103 Å². The molecule has 0 saturated heterocycles. The summed E-state index contributed by atoms with van der Waals surface area (Å²) in [6.45, 7) is 3.90. The molecule has 1 heterocycles. The van der Waals surface area contributed by atoms with Gasteiger partial charge in [-0.15, -0.1) is 6.58 Å². The van der Waals surface area contributed by atoms with Crippen molar-refractivity contribution in [1.82, 2.24) is 0 Å². The van der Waals surface area contributed by atoms with E-state index >= 15 is 0 Å². The van der Waals surface area contributed by atoms with E-state index in [-0.39, 0.29) is 0 Å². The van der Waals surface area contributed by atoms with Crippen LogP contribution in [0.3, 0.4) is 0 Å². The van der Waals surface area contributed by atoms with Gasteiger partial charge < -0.3 is 5.32 Å². The molecule has 0 aliphatic heterocycles. The molecule has 29 heavy (non-hydrogen) atoms. The molecule has 0 aliphatic rings. The normalized spacial score (nSPS) is 10.7. The van der Waals surface area contributed by atoms with E-state index in [4.69, 9.17) is 0 Å². The first-order chi connectivity index (χ1) is 14.3. The van der Waals surface area contributed by atoms with Gasteiger partial charge in [0.1, 0.15) is 7.05 Å². The first kappa shape index (κ1) is 19.5. The topological polar surface area (TPSA) is 15.9 Å². The van der Waals surface area contributed by atoms with Crippen LogP contribution >= 0.6 is 23.1 Å². The zero-order valence-corrected chi connectivity index (χ0v) is 18.0. The fourth-order valence-corrected chi connectivity index (χ4v) is 5.57. The third kappa shape index (κ3) is 4.44. The van der Waals surface area contributed by atoms with Crippen molar-refractivity contribution in [2.24, 2.45) is 7.05 Å². The number of aromatic nitrogens is 1. The Morgan fingerprint density at radius 2 is 1.59 bits per heavy atom. The van der Waals surface area contributed by atoms with E-state index in [1.165, 1.54) is 26.1 Å². The summed E-state index contributed by atoms with van der Waals surface area (Å²) in [5.41, 5.74) is 4.77. The molecule has 1 N–H and O–H groups in total. The van der Waals surface area contributed by atoms with Gasteiger partial charge in [-0.05, 0) is 65.4 Å². The number of anilines is 2. The van der Waals surface area contributed by atoms with Gasteiger partial charge in [-0.1, -0.05) is 60.7 Å². The highest BCUT2D eigenvalue weighted by Gasteiger charge is 2.26.